The maximum Gasteiger partial charge on any atom is 0.199 e. The zero-order chi connectivity index (χ0) is 17.2. The van der Waals surface area contributed by atoms with Gasteiger partial charge in [-0.3, -0.25) is 0 Å². The van der Waals surface area contributed by atoms with E-state index in [1.807, 2.05) is 43.5 Å². The Kier molecular flexibility index (Phi) is 4.40. The Morgan fingerprint density at radius 2 is 2.20 bits per heavy atom. The molecule has 0 unspecified atom stereocenters. The van der Waals surface area contributed by atoms with Crippen molar-refractivity contribution in [2.45, 2.75) is 25.7 Å². The first kappa shape index (κ1) is 16.1. The number of rotatable bonds is 4. The van der Waals surface area contributed by atoms with Crippen LogP contribution in [-0.2, 0) is 6.42 Å². The Morgan fingerprint density at radius 3 is 3.04 bits per heavy atom. The van der Waals surface area contributed by atoms with E-state index < -0.39 is 0 Å². The van der Waals surface area contributed by atoms with Gasteiger partial charge in [0.2, 0.25) is 0 Å². The number of hydrogen-bond acceptors (Lipinski definition) is 5. The van der Waals surface area contributed by atoms with Crippen molar-refractivity contribution in [1.82, 2.24) is 15.0 Å². The summed E-state index contributed by atoms with van der Waals surface area (Å²) in [7, 11) is 0. The monoisotopic (exact) mass is 354 g/mol. The van der Waals surface area contributed by atoms with E-state index in [-0.39, 0.29) is 0 Å². The van der Waals surface area contributed by atoms with E-state index in [1.54, 1.807) is 6.20 Å². The van der Waals surface area contributed by atoms with Crippen molar-refractivity contribution in [3.63, 3.8) is 0 Å². The third kappa shape index (κ3) is 3.66. The molecule has 0 spiro atoms. The first-order chi connectivity index (χ1) is 12.2. The van der Waals surface area contributed by atoms with E-state index in [2.05, 4.69) is 19.9 Å². The average Bonchev–Trinajstić information content (AvgIpc) is 3.24. The second-order valence-electron chi connectivity index (χ2n) is 6.37. The molecule has 1 atom stereocenters. The first-order valence-electron chi connectivity index (χ1n) is 8.41. The summed E-state index contributed by atoms with van der Waals surface area (Å²) >= 11 is 6.04. The standard InChI is InChI=1S/C19H19ClN4O/c1-13-21-7-5-18(23-13)24-8-6-15(12-24)19-22-11-17(25-19)10-14-3-2-4-16(20)9-14/h2-5,7,9,11,15H,6,8,10,12H2,1H3/t15-/m1/s1. The summed E-state index contributed by atoms with van der Waals surface area (Å²) in [4.78, 5) is 15.4. The summed E-state index contributed by atoms with van der Waals surface area (Å²) in [6, 6.07) is 9.78. The van der Waals surface area contributed by atoms with Crippen molar-refractivity contribution in [1.29, 1.82) is 0 Å². The van der Waals surface area contributed by atoms with Crippen LogP contribution in [0.5, 0.6) is 0 Å². The topological polar surface area (TPSA) is 55.1 Å². The molecule has 0 aliphatic carbocycles. The van der Waals surface area contributed by atoms with E-state index in [0.29, 0.717) is 12.3 Å². The molecule has 128 valence electrons. The fourth-order valence-corrected chi connectivity index (χ4v) is 3.44. The second-order valence-corrected chi connectivity index (χ2v) is 6.80. The maximum absolute atomic E-state index is 6.04. The van der Waals surface area contributed by atoms with E-state index >= 15 is 0 Å². The van der Waals surface area contributed by atoms with Crippen LogP contribution in [0.15, 0.2) is 47.1 Å². The van der Waals surface area contributed by atoms with Crippen LogP contribution < -0.4 is 4.90 Å². The molecule has 0 bridgehead atoms. The van der Waals surface area contributed by atoms with Crippen LogP contribution in [0.1, 0.15) is 35.4 Å². The van der Waals surface area contributed by atoms with Crippen LogP contribution >= 0.6 is 11.6 Å². The van der Waals surface area contributed by atoms with Gasteiger partial charge in [-0.25, -0.2) is 15.0 Å². The lowest BCUT2D eigenvalue weighted by atomic mass is 10.1. The molecule has 1 aliphatic rings. The van der Waals surface area contributed by atoms with Crippen LogP contribution in [0.4, 0.5) is 5.82 Å². The fourth-order valence-electron chi connectivity index (χ4n) is 3.23. The molecule has 1 fully saturated rings. The second kappa shape index (κ2) is 6.84. The first-order valence-corrected chi connectivity index (χ1v) is 8.79. The molecular weight excluding hydrogens is 336 g/mol. The van der Waals surface area contributed by atoms with Crippen LogP contribution in [-0.4, -0.2) is 28.0 Å². The van der Waals surface area contributed by atoms with Gasteiger partial charge in [-0.05, 0) is 37.1 Å². The predicted octanol–water partition coefficient (Wildman–Crippen LogP) is 4.01. The Morgan fingerprint density at radius 1 is 1.28 bits per heavy atom. The van der Waals surface area contributed by atoms with Crippen molar-refractivity contribution < 1.29 is 4.42 Å². The molecule has 1 aromatic carbocycles. The van der Waals surface area contributed by atoms with Gasteiger partial charge in [0.15, 0.2) is 5.89 Å². The minimum atomic E-state index is 0.295. The van der Waals surface area contributed by atoms with Crippen molar-refractivity contribution >= 4 is 17.4 Å². The number of hydrogen-bond donors (Lipinski definition) is 0. The van der Waals surface area contributed by atoms with Gasteiger partial charge in [-0.1, -0.05) is 23.7 Å². The van der Waals surface area contributed by atoms with E-state index in [0.717, 1.165) is 53.4 Å². The summed E-state index contributed by atoms with van der Waals surface area (Å²) < 4.78 is 6.01. The van der Waals surface area contributed by atoms with Gasteiger partial charge in [-0.15, -0.1) is 0 Å². The minimum absolute atomic E-state index is 0.295. The predicted molar refractivity (Wildman–Crippen MR) is 97.1 cm³/mol. The SMILES string of the molecule is Cc1nccc(N2CC[C@@H](c3ncc(Cc4cccc(Cl)c4)o3)C2)n1. The average molecular weight is 355 g/mol. The number of aryl methyl sites for hydroxylation is 1. The number of benzene rings is 1. The van der Waals surface area contributed by atoms with Gasteiger partial charge in [0.1, 0.15) is 17.4 Å². The van der Waals surface area contributed by atoms with Crippen LogP contribution in [0, 0.1) is 6.92 Å². The summed E-state index contributed by atoms with van der Waals surface area (Å²) in [5.41, 5.74) is 1.12. The van der Waals surface area contributed by atoms with Crippen LogP contribution in [0.3, 0.4) is 0 Å². The number of halogens is 1. The molecule has 3 aromatic rings. The van der Waals surface area contributed by atoms with Gasteiger partial charge in [-0.2, -0.15) is 0 Å². The fraction of sp³-hybridized carbons (Fsp3) is 0.316. The Balaban J connectivity index is 1.44. The Bertz CT molecular complexity index is 879. The molecule has 4 rings (SSSR count). The third-order valence-corrected chi connectivity index (χ3v) is 4.70. The summed E-state index contributed by atoms with van der Waals surface area (Å²) in [5.74, 6) is 3.74. The highest BCUT2D eigenvalue weighted by Gasteiger charge is 2.28. The molecule has 0 amide bonds. The van der Waals surface area contributed by atoms with Crippen LogP contribution in [0.25, 0.3) is 0 Å². The maximum atomic E-state index is 6.04. The van der Waals surface area contributed by atoms with E-state index in [1.165, 1.54) is 0 Å². The quantitative estimate of drug-likeness (QED) is 0.708. The highest BCUT2D eigenvalue weighted by atomic mass is 35.5. The zero-order valence-electron chi connectivity index (χ0n) is 14.0. The third-order valence-electron chi connectivity index (χ3n) is 4.46. The Hall–Kier alpha value is -2.40. The van der Waals surface area contributed by atoms with Crippen molar-refractivity contribution in [3.05, 3.63) is 70.8 Å². The van der Waals surface area contributed by atoms with E-state index in [4.69, 9.17) is 16.0 Å². The van der Waals surface area contributed by atoms with Crippen LogP contribution in [0.2, 0.25) is 5.02 Å². The minimum Gasteiger partial charge on any atom is -0.445 e. The number of anilines is 1. The summed E-state index contributed by atoms with van der Waals surface area (Å²) in [5, 5.41) is 0.740. The molecule has 0 saturated carbocycles. The highest BCUT2D eigenvalue weighted by Crippen LogP contribution is 2.30. The number of oxazole rings is 1. The van der Waals surface area contributed by atoms with Crippen molar-refractivity contribution in [2.24, 2.45) is 0 Å². The van der Waals surface area contributed by atoms with Gasteiger partial charge < -0.3 is 9.32 Å². The molecule has 0 radical (unpaired) electrons. The summed E-state index contributed by atoms with van der Waals surface area (Å²) in [6.07, 6.45) is 5.35. The molecule has 1 saturated heterocycles. The Labute approximate surface area is 151 Å². The van der Waals surface area contributed by atoms with Gasteiger partial charge in [0.25, 0.3) is 0 Å². The molecule has 6 heteroatoms. The van der Waals surface area contributed by atoms with Crippen molar-refractivity contribution in [3.8, 4) is 0 Å². The zero-order valence-corrected chi connectivity index (χ0v) is 14.8. The van der Waals surface area contributed by atoms with Gasteiger partial charge in [0, 0.05) is 30.7 Å². The van der Waals surface area contributed by atoms with Crippen molar-refractivity contribution in [2.75, 3.05) is 18.0 Å². The largest absolute Gasteiger partial charge is 0.445 e. The lowest BCUT2D eigenvalue weighted by Gasteiger charge is -2.16. The lowest BCUT2D eigenvalue weighted by molar-refractivity contribution is 0.433. The molecule has 0 N–H and O–H groups in total. The molecule has 1 aliphatic heterocycles. The molecule has 25 heavy (non-hydrogen) atoms. The summed E-state index contributed by atoms with van der Waals surface area (Å²) in [6.45, 7) is 3.73. The molecule has 3 heterocycles. The highest BCUT2D eigenvalue weighted by molar-refractivity contribution is 6.30. The lowest BCUT2D eigenvalue weighted by Crippen LogP contribution is -2.20. The molecule has 2 aromatic heterocycles. The number of aromatic nitrogens is 3. The molecule has 5 nitrogen and oxygen atoms in total. The normalized spacial score (nSPS) is 17.2. The number of nitrogens with zero attached hydrogens (tertiary/aromatic N) is 4. The van der Waals surface area contributed by atoms with E-state index in [9.17, 15) is 0 Å². The van der Waals surface area contributed by atoms with Gasteiger partial charge >= 0.3 is 0 Å². The molecular formula is C19H19ClN4O. The smallest absolute Gasteiger partial charge is 0.199 e. The van der Waals surface area contributed by atoms with Gasteiger partial charge in [0.05, 0.1) is 12.1 Å².